The first-order chi connectivity index (χ1) is 33.4. The van der Waals surface area contributed by atoms with Gasteiger partial charge in [0.05, 0.1) is 49.5 Å². The van der Waals surface area contributed by atoms with E-state index in [0.717, 1.165) is 44.9 Å². The molecule has 16 nitrogen and oxygen atoms in total. The van der Waals surface area contributed by atoms with Crippen molar-refractivity contribution in [2.45, 2.75) is 174 Å². The van der Waals surface area contributed by atoms with Crippen LogP contribution in [0.2, 0.25) is 0 Å². The van der Waals surface area contributed by atoms with Crippen LogP contribution in [-0.2, 0) is 52.5 Å². The largest absolute Gasteiger partial charge is 0.481 e. The smallest absolute Gasteiger partial charge is 0.308 e. The quantitative estimate of drug-likeness (QED) is 0.0216. The Balaban J connectivity index is 1.30. The summed E-state index contributed by atoms with van der Waals surface area (Å²) < 4.78 is 21.8. The summed E-state index contributed by atoms with van der Waals surface area (Å²) in [5.74, 6) is -4.53. The van der Waals surface area contributed by atoms with Gasteiger partial charge in [-0.3, -0.25) is 33.6 Å². The van der Waals surface area contributed by atoms with Crippen LogP contribution in [0, 0.1) is 11.8 Å². The highest BCUT2D eigenvalue weighted by Gasteiger charge is 2.53. The zero-order valence-corrected chi connectivity index (χ0v) is 45.4. The van der Waals surface area contributed by atoms with Crippen molar-refractivity contribution < 1.29 is 67.8 Å². The second-order valence-electron chi connectivity index (χ2n) is 17.4. The predicted molar refractivity (Wildman–Crippen MR) is 281 cm³/mol. The highest BCUT2D eigenvalue weighted by Crippen LogP contribution is 2.84. The zero-order chi connectivity index (χ0) is 50.2. The molecule has 69 heavy (non-hydrogen) atoms. The van der Waals surface area contributed by atoms with Gasteiger partial charge in [0.25, 0.3) is 0 Å². The summed E-state index contributed by atoms with van der Waals surface area (Å²) >= 11 is 0. The van der Waals surface area contributed by atoms with E-state index in [9.17, 15) is 43.8 Å². The molecule has 5 N–H and O–H groups in total. The molecular weight excluding hydrogens is 1010 g/mol. The van der Waals surface area contributed by atoms with E-state index in [2.05, 4.69) is 10.6 Å². The van der Waals surface area contributed by atoms with Crippen LogP contribution in [0.4, 0.5) is 0 Å². The highest BCUT2D eigenvalue weighted by molar-refractivity contribution is 9.14. The van der Waals surface area contributed by atoms with Gasteiger partial charge in [0.2, 0.25) is 11.8 Å². The molecule has 2 aliphatic rings. The van der Waals surface area contributed by atoms with Gasteiger partial charge in [-0.2, -0.15) is 0 Å². The van der Waals surface area contributed by atoms with E-state index in [1.807, 2.05) is 21.6 Å². The number of ketones is 2. The third-order valence-corrected chi connectivity index (χ3v) is 25.2. The number of carboxylic acid groups (broad SMARTS) is 3. The van der Waals surface area contributed by atoms with Gasteiger partial charge < -0.3 is 44.9 Å². The maximum atomic E-state index is 12.5. The van der Waals surface area contributed by atoms with Crippen LogP contribution in [0.25, 0.3) is 0 Å². The first kappa shape index (κ1) is 63.7. The molecule has 0 saturated carbocycles. The molecule has 2 fully saturated rings. The summed E-state index contributed by atoms with van der Waals surface area (Å²) in [5.41, 5.74) is 0. The minimum Gasteiger partial charge on any atom is -0.481 e. The fourth-order valence-electron chi connectivity index (χ4n) is 7.26. The number of unbranched alkanes of at least 4 members (excludes halogenated alkanes) is 16. The third kappa shape index (κ3) is 36.2. The molecule has 0 bridgehead atoms. The first-order valence-corrected chi connectivity index (χ1v) is 31.6. The molecule has 2 aliphatic heterocycles. The van der Waals surface area contributed by atoms with Crippen LogP contribution in [0.3, 0.4) is 0 Å². The molecule has 0 aromatic heterocycles. The van der Waals surface area contributed by atoms with E-state index in [-0.39, 0.29) is 109 Å². The van der Waals surface area contributed by atoms with E-state index in [4.69, 9.17) is 24.1 Å². The molecule has 1 unspecified atom stereocenters. The zero-order valence-electron chi connectivity index (χ0n) is 40.5. The van der Waals surface area contributed by atoms with Gasteiger partial charge in [0, 0.05) is 51.8 Å². The predicted octanol–water partition coefficient (Wildman–Crippen LogP) is 10.2. The molecule has 0 aromatic rings. The van der Waals surface area contributed by atoms with Gasteiger partial charge in [-0.15, -0.1) is 0 Å². The van der Waals surface area contributed by atoms with Crippen molar-refractivity contribution in [3.8, 4) is 0 Å². The lowest BCUT2D eigenvalue weighted by molar-refractivity contribution is -0.144. The molecule has 22 heteroatoms. The molecule has 2 rings (SSSR count). The van der Waals surface area contributed by atoms with Crippen molar-refractivity contribution in [2.75, 3.05) is 65.9 Å². The Morgan fingerprint density at radius 1 is 0.449 bits per heavy atom. The highest BCUT2D eigenvalue weighted by atomic mass is 33.2. The molecule has 2 amide bonds. The topological polar surface area (TPSA) is 241 Å². The first-order valence-electron chi connectivity index (χ1n) is 25.0. The Labute approximate surface area is 434 Å². The Morgan fingerprint density at radius 3 is 1.51 bits per heavy atom. The number of hydrogen-bond donors (Lipinski definition) is 5. The van der Waals surface area contributed by atoms with Crippen molar-refractivity contribution in [2.24, 2.45) is 11.8 Å². The lowest BCUT2D eigenvalue weighted by atomic mass is 9.94. The van der Waals surface area contributed by atoms with Gasteiger partial charge in [-0.25, -0.2) is 0 Å². The summed E-state index contributed by atoms with van der Waals surface area (Å²) in [5, 5.41) is 33.5. The normalized spacial score (nSPS) is 15.1. The van der Waals surface area contributed by atoms with Crippen LogP contribution in [0.5, 0.6) is 0 Å². The second-order valence-corrected chi connectivity index (χ2v) is 26.9. The average molecular weight is 1090 g/mol. The molecular formula is C47H80N2O14S6. The summed E-state index contributed by atoms with van der Waals surface area (Å²) in [4.78, 5) is 83.0. The summed E-state index contributed by atoms with van der Waals surface area (Å²) in [7, 11) is 10.5. The number of rotatable bonds is 49. The SMILES string of the molecule is O=C(O)CCCCCCCCCCCCCCCCCCC(=O)CC(CCC(=O)NCCOCCOCC(=O)CCCOCCOCC(=O)NCCCC[C@@H](C(=O)O)C1SSC2(SS1)SS2)C(=O)O. The summed E-state index contributed by atoms with van der Waals surface area (Å²) in [6, 6.07) is 0. The molecule has 0 radical (unpaired) electrons. The van der Waals surface area contributed by atoms with Gasteiger partial charge >= 0.3 is 17.9 Å². The number of carbonyl (C=O) groups excluding carboxylic acids is 4. The Kier molecular flexibility index (Phi) is 38.8. The minimum absolute atomic E-state index is 0.00388. The van der Waals surface area contributed by atoms with Crippen LogP contribution in [0.15, 0.2) is 0 Å². The average Bonchev–Trinajstić information content (AvgIpc) is 4.08. The van der Waals surface area contributed by atoms with Crippen LogP contribution in [-0.4, -0.2) is 130 Å². The van der Waals surface area contributed by atoms with Gasteiger partial charge in [0.15, 0.2) is 8.53 Å². The fourth-order valence-corrected chi connectivity index (χ4v) is 21.1. The standard InChI is InChI=1S/C47H80N2O14S6/c50-38(20-15-13-11-9-7-5-3-1-2-4-6-8-10-12-14-16-23-43(54)55)34-37(44(56)57)24-25-41(52)49-27-29-61-31-32-62-35-39(51)21-19-28-60-30-33-63-36-42(53)48-26-18-17-22-40(45(58)59)46-64-66-47(67-65-46)68-69-47/h37,40,46H,1-36H2,(H,48,53)(H,49,52)(H,54,55)(H,56,57)(H,58,59)/t37?,40-/m0/s1. The maximum absolute atomic E-state index is 12.5. The third-order valence-electron chi connectivity index (χ3n) is 11.3. The lowest BCUT2D eigenvalue weighted by Gasteiger charge is -2.27. The Bertz CT molecular complexity index is 1460. The van der Waals surface area contributed by atoms with Crippen molar-refractivity contribution in [1.82, 2.24) is 10.6 Å². The van der Waals surface area contributed by atoms with Crippen LogP contribution < -0.4 is 10.6 Å². The van der Waals surface area contributed by atoms with Crippen molar-refractivity contribution in [3.05, 3.63) is 0 Å². The molecule has 0 aromatic carbocycles. The summed E-state index contributed by atoms with van der Waals surface area (Å²) in [6.45, 7) is 2.12. The number of aliphatic carboxylic acids is 3. The van der Waals surface area contributed by atoms with Crippen LogP contribution >= 0.6 is 64.8 Å². The van der Waals surface area contributed by atoms with E-state index >= 15 is 0 Å². The van der Waals surface area contributed by atoms with E-state index in [0.29, 0.717) is 51.7 Å². The number of nitrogens with one attached hydrogen (secondary N) is 2. The Hall–Kier alpha value is -1.37. The maximum Gasteiger partial charge on any atom is 0.308 e. The lowest BCUT2D eigenvalue weighted by Crippen LogP contribution is -2.29. The van der Waals surface area contributed by atoms with E-state index in [1.54, 1.807) is 43.2 Å². The summed E-state index contributed by atoms with van der Waals surface area (Å²) in [6.07, 6.45) is 21.5. The van der Waals surface area contributed by atoms with Crippen LogP contribution in [0.1, 0.15) is 167 Å². The molecule has 2 atom stereocenters. The van der Waals surface area contributed by atoms with Gasteiger partial charge in [0.1, 0.15) is 19.0 Å². The minimum atomic E-state index is -1.07. The van der Waals surface area contributed by atoms with E-state index in [1.165, 1.54) is 57.8 Å². The van der Waals surface area contributed by atoms with Crippen molar-refractivity contribution in [1.29, 1.82) is 0 Å². The van der Waals surface area contributed by atoms with Crippen molar-refractivity contribution in [3.63, 3.8) is 0 Å². The number of hydrogen-bond acceptors (Lipinski definition) is 17. The molecule has 1 spiro atoms. The Morgan fingerprint density at radius 2 is 0.957 bits per heavy atom. The van der Waals surface area contributed by atoms with Gasteiger partial charge in [-0.1, -0.05) is 139 Å². The number of carboxylic acids is 3. The number of amides is 2. The molecule has 2 heterocycles. The van der Waals surface area contributed by atoms with Crippen molar-refractivity contribution >= 4 is 106 Å². The van der Waals surface area contributed by atoms with E-state index < -0.39 is 29.7 Å². The monoisotopic (exact) mass is 1090 g/mol. The van der Waals surface area contributed by atoms with Gasteiger partial charge in [-0.05, 0) is 60.1 Å². The number of Topliss-reactive ketones (excluding diaryl/α,β-unsaturated/α-hetero) is 2. The number of ether oxygens (including phenoxy) is 4. The number of carbonyl (C=O) groups is 7. The molecule has 398 valence electrons. The fraction of sp³-hybridized carbons (Fsp3) is 0.851. The molecule has 0 aliphatic carbocycles. The second kappa shape index (κ2) is 42.0. The molecule has 2 saturated heterocycles.